The lowest BCUT2D eigenvalue weighted by molar-refractivity contribution is -0.136. The molecular formula is C26H20Br2N2O4S. The van der Waals surface area contributed by atoms with Crippen LogP contribution >= 0.6 is 43.2 Å². The number of carbonyl (C=O) groups excluding carboxylic acids is 1. The summed E-state index contributed by atoms with van der Waals surface area (Å²) in [5, 5.41) is 0. The molecule has 6 nitrogen and oxygen atoms in total. The summed E-state index contributed by atoms with van der Waals surface area (Å²) >= 11 is 8.25. The molecule has 1 aliphatic heterocycles. The van der Waals surface area contributed by atoms with Crippen LogP contribution < -0.4 is 19.6 Å². The van der Waals surface area contributed by atoms with Crippen LogP contribution in [0, 0.1) is 12.3 Å². The van der Waals surface area contributed by atoms with Gasteiger partial charge in [0, 0.05) is 10.0 Å². The molecule has 0 saturated carbocycles. The number of aromatic nitrogens is 1. The monoisotopic (exact) mass is 614 g/mol. The van der Waals surface area contributed by atoms with Crippen LogP contribution in [0.2, 0.25) is 0 Å². The molecule has 9 heteroatoms. The Labute approximate surface area is 222 Å². The van der Waals surface area contributed by atoms with E-state index in [0.717, 1.165) is 10.0 Å². The molecule has 0 amide bonds. The number of allylic oxidation sites excluding steroid dienone is 1. The van der Waals surface area contributed by atoms with Gasteiger partial charge in [0.25, 0.3) is 5.56 Å². The number of methoxy groups -OCH3 is 1. The normalized spacial score (nSPS) is 15.3. The van der Waals surface area contributed by atoms with Gasteiger partial charge in [-0.3, -0.25) is 9.36 Å². The van der Waals surface area contributed by atoms with Gasteiger partial charge in [-0.25, -0.2) is 9.79 Å². The standard InChI is InChI=1S/C26H20Br2N2O4S/c1-4-11-34-23-16(12-17(27)14-18(23)28)13-20-24(31)30-22(15-9-7-6-8-10-15)21(25(32)33-3)19(5-2)29-26(30)35-20/h1,6-10,12-14,22H,5,11H2,2-3H3/b20-13+/t22-/m1/s1. The SMILES string of the molecule is C#CCOc1c(Br)cc(Br)cc1/C=c1/sc2n(c1=O)[C@H](c1ccccc1)C(C(=O)OC)=C(CC)N=2. The molecule has 0 radical (unpaired) electrons. The lowest BCUT2D eigenvalue weighted by atomic mass is 9.95. The van der Waals surface area contributed by atoms with Crippen LogP contribution in [0.15, 0.2) is 72.5 Å². The van der Waals surface area contributed by atoms with Crippen LogP contribution in [0.3, 0.4) is 0 Å². The Balaban J connectivity index is 2.00. The molecule has 0 spiro atoms. The van der Waals surface area contributed by atoms with Gasteiger partial charge in [-0.15, -0.1) is 6.42 Å². The number of terminal acetylenes is 1. The van der Waals surface area contributed by atoms with Crippen molar-refractivity contribution in [3.63, 3.8) is 0 Å². The Morgan fingerprint density at radius 2 is 2.03 bits per heavy atom. The van der Waals surface area contributed by atoms with E-state index < -0.39 is 12.0 Å². The Morgan fingerprint density at radius 1 is 1.29 bits per heavy atom. The molecular weight excluding hydrogens is 596 g/mol. The van der Waals surface area contributed by atoms with Crippen molar-refractivity contribution in [3.8, 4) is 18.1 Å². The number of fused-ring (bicyclic) bond motifs is 1. The molecule has 0 saturated heterocycles. The van der Waals surface area contributed by atoms with Gasteiger partial charge in [0.1, 0.15) is 12.4 Å². The van der Waals surface area contributed by atoms with Gasteiger partial charge in [0.15, 0.2) is 4.80 Å². The van der Waals surface area contributed by atoms with E-state index in [1.807, 2.05) is 49.4 Å². The van der Waals surface area contributed by atoms with Gasteiger partial charge < -0.3 is 9.47 Å². The number of hydrogen-bond donors (Lipinski definition) is 0. The molecule has 178 valence electrons. The van der Waals surface area contributed by atoms with Gasteiger partial charge in [0.2, 0.25) is 0 Å². The molecule has 2 heterocycles. The van der Waals surface area contributed by atoms with E-state index >= 15 is 0 Å². The predicted molar refractivity (Wildman–Crippen MR) is 143 cm³/mol. The molecule has 0 unspecified atom stereocenters. The molecule has 0 aliphatic carbocycles. The topological polar surface area (TPSA) is 69.9 Å². The molecule has 2 aromatic carbocycles. The molecule has 4 rings (SSSR count). The summed E-state index contributed by atoms with van der Waals surface area (Å²) in [6, 6.07) is 12.5. The fourth-order valence-corrected chi connectivity index (χ4v) is 6.29. The van der Waals surface area contributed by atoms with Gasteiger partial charge in [-0.2, -0.15) is 0 Å². The van der Waals surface area contributed by atoms with E-state index in [2.05, 4.69) is 42.8 Å². The maximum atomic E-state index is 13.8. The van der Waals surface area contributed by atoms with Crippen LogP contribution in [-0.4, -0.2) is 24.3 Å². The summed E-state index contributed by atoms with van der Waals surface area (Å²) in [4.78, 5) is 31.8. The van der Waals surface area contributed by atoms with Gasteiger partial charge in [-0.05, 0) is 46.1 Å². The number of esters is 1. The number of carbonyl (C=O) groups is 1. The fraction of sp³-hybridized carbons (Fsp3) is 0.192. The van der Waals surface area contributed by atoms with Crippen molar-refractivity contribution < 1.29 is 14.3 Å². The first kappa shape index (κ1) is 25.2. The highest BCUT2D eigenvalue weighted by Crippen LogP contribution is 2.34. The number of rotatable bonds is 6. The quantitative estimate of drug-likeness (QED) is 0.306. The zero-order chi connectivity index (χ0) is 25.1. The average Bonchev–Trinajstić information content (AvgIpc) is 3.16. The first-order chi connectivity index (χ1) is 16.9. The summed E-state index contributed by atoms with van der Waals surface area (Å²) in [6.45, 7) is 2.00. The van der Waals surface area contributed by atoms with Crippen molar-refractivity contribution in [2.45, 2.75) is 19.4 Å². The van der Waals surface area contributed by atoms with Crippen molar-refractivity contribution in [1.82, 2.24) is 4.57 Å². The second-order valence-corrected chi connectivity index (χ2v) is 10.3. The number of hydrogen-bond acceptors (Lipinski definition) is 6. The maximum Gasteiger partial charge on any atom is 0.338 e. The van der Waals surface area contributed by atoms with Crippen LogP contribution in [0.1, 0.15) is 30.5 Å². The number of ether oxygens (including phenoxy) is 2. The summed E-state index contributed by atoms with van der Waals surface area (Å²) in [5.74, 6) is 2.48. The van der Waals surface area contributed by atoms with E-state index in [1.165, 1.54) is 18.4 Å². The Hall–Kier alpha value is -2.93. The minimum absolute atomic E-state index is 0.0820. The third kappa shape index (κ3) is 4.92. The minimum atomic E-state index is -0.650. The molecule has 1 aliphatic rings. The Bertz CT molecular complexity index is 1550. The van der Waals surface area contributed by atoms with Crippen LogP contribution in [0.5, 0.6) is 5.75 Å². The summed E-state index contributed by atoms with van der Waals surface area (Å²) in [6.07, 6.45) is 7.65. The molecule has 3 aromatic rings. The highest BCUT2D eigenvalue weighted by molar-refractivity contribution is 9.11. The summed E-state index contributed by atoms with van der Waals surface area (Å²) in [5.41, 5.74) is 2.17. The number of thiazole rings is 1. The molecule has 1 atom stereocenters. The average molecular weight is 616 g/mol. The van der Waals surface area contributed by atoms with Crippen LogP contribution in [0.4, 0.5) is 0 Å². The fourth-order valence-electron chi connectivity index (χ4n) is 3.91. The van der Waals surface area contributed by atoms with Gasteiger partial charge in [0.05, 0.1) is 33.4 Å². The smallest absolute Gasteiger partial charge is 0.338 e. The largest absolute Gasteiger partial charge is 0.479 e. The van der Waals surface area contributed by atoms with Crippen molar-refractivity contribution in [1.29, 1.82) is 0 Å². The molecule has 1 aromatic heterocycles. The van der Waals surface area contributed by atoms with Crippen molar-refractivity contribution >= 4 is 55.2 Å². The maximum absolute atomic E-state index is 13.8. The van der Waals surface area contributed by atoms with E-state index in [9.17, 15) is 9.59 Å². The van der Waals surface area contributed by atoms with E-state index in [4.69, 9.17) is 15.9 Å². The van der Waals surface area contributed by atoms with Crippen LogP contribution in [-0.2, 0) is 9.53 Å². The van der Waals surface area contributed by atoms with Crippen molar-refractivity contribution in [2.24, 2.45) is 4.99 Å². The predicted octanol–water partition coefficient (Wildman–Crippen LogP) is 4.34. The number of halogens is 2. The number of nitrogens with zero attached hydrogens (tertiary/aromatic N) is 2. The van der Waals surface area contributed by atoms with Crippen LogP contribution in [0.25, 0.3) is 6.08 Å². The number of benzene rings is 2. The van der Waals surface area contributed by atoms with E-state index in [1.54, 1.807) is 10.6 Å². The van der Waals surface area contributed by atoms with Crippen molar-refractivity contribution in [3.05, 3.63) is 93.5 Å². The summed E-state index contributed by atoms with van der Waals surface area (Å²) in [7, 11) is 1.33. The second-order valence-electron chi connectivity index (χ2n) is 7.50. The zero-order valence-electron chi connectivity index (χ0n) is 18.9. The van der Waals surface area contributed by atoms with Gasteiger partial charge >= 0.3 is 5.97 Å². The Morgan fingerprint density at radius 3 is 2.69 bits per heavy atom. The second kappa shape index (κ2) is 10.8. The highest BCUT2D eigenvalue weighted by Gasteiger charge is 2.33. The lowest BCUT2D eigenvalue weighted by Gasteiger charge is -2.25. The third-order valence-corrected chi connectivity index (χ3v) is 7.42. The zero-order valence-corrected chi connectivity index (χ0v) is 22.9. The first-order valence-corrected chi connectivity index (χ1v) is 13.0. The van der Waals surface area contributed by atoms with Crippen molar-refractivity contribution in [2.75, 3.05) is 13.7 Å². The van der Waals surface area contributed by atoms with Gasteiger partial charge in [-0.1, -0.05) is 70.4 Å². The molecule has 0 fully saturated rings. The van der Waals surface area contributed by atoms with E-state index in [0.29, 0.717) is 42.8 Å². The Kier molecular flexibility index (Phi) is 7.75. The highest BCUT2D eigenvalue weighted by atomic mass is 79.9. The third-order valence-electron chi connectivity index (χ3n) is 5.39. The molecule has 35 heavy (non-hydrogen) atoms. The first-order valence-electron chi connectivity index (χ1n) is 10.6. The summed E-state index contributed by atoms with van der Waals surface area (Å²) < 4.78 is 14.3. The molecule has 0 N–H and O–H groups in total. The molecule has 0 bridgehead atoms. The lowest BCUT2D eigenvalue weighted by Crippen LogP contribution is -2.40. The minimum Gasteiger partial charge on any atom is -0.479 e. The van der Waals surface area contributed by atoms with E-state index in [-0.39, 0.29) is 12.2 Å².